The van der Waals surface area contributed by atoms with Crippen LogP contribution in [0.5, 0.6) is 5.75 Å². The molecule has 0 aliphatic carbocycles. The number of halogens is 2. The number of nitrogens with zero attached hydrogens (tertiary/aromatic N) is 2. The van der Waals surface area contributed by atoms with E-state index in [1.807, 2.05) is 6.07 Å². The summed E-state index contributed by atoms with van der Waals surface area (Å²) in [5.74, 6) is -0.771. The molecule has 7 heteroatoms. The summed E-state index contributed by atoms with van der Waals surface area (Å²) in [4.78, 5) is 10.1. The quantitative estimate of drug-likeness (QED) is 0.635. The standard InChI is InChI=1S/C14H8ClFN2O3/c15-12-5-9(7-17)1-2-10(12)8-21-14-4-3-11(16)6-13(14)18(19)20/h1-6H,8H2. The molecule has 2 aromatic rings. The van der Waals surface area contributed by atoms with Crippen LogP contribution in [0.1, 0.15) is 11.1 Å². The van der Waals surface area contributed by atoms with Crippen molar-refractivity contribution in [2.75, 3.05) is 0 Å². The van der Waals surface area contributed by atoms with Gasteiger partial charge in [-0.1, -0.05) is 17.7 Å². The predicted molar refractivity (Wildman–Crippen MR) is 73.6 cm³/mol. The largest absolute Gasteiger partial charge is 0.482 e. The zero-order valence-corrected chi connectivity index (χ0v) is 11.3. The van der Waals surface area contributed by atoms with E-state index in [4.69, 9.17) is 21.6 Å². The third-order valence-corrected chi connectivity index (χ3v) is 3.03. The van der Waals surface area contributed by atoms with Gasteiger partial charge in [-0.25, -0.2) is 4.39 Å². The molecule has 0 heterocycles. The lowest BCUT2D eigenvalue weighted by Crippen LogP contribution is -2.00. The molecule has 21 heavy (non-hydrogen) atoms. The van der Waals surface area contributed by atoms with Gasteiger partial charge in [-0.2, -0.15) is 5.26 Å². The van der Waals surface area contributed by atoms with Gasteiger partial charge in [-0.15, -0.1) is 0 Å². The van der Waals surface area contributed by atoms with Crippen molar-refractivity contribution in [3.8, 4) is 11.8 Å². The average molecular weight is 307 g/mol. The molecule has 0 bridgehead atoms. The Balaban J connectivity index is 2.21. The molecule has 2 rings (SSSR count). The molecule has 0 radical (unpaired) electrons. The van der Waals surface area contributed by atoms with Crippen LogP contribution in [-0.4, -0.2) is 4.92 Å². The van der Waals surface area contributed by atoms with Crippen molar-refractivity contribution >= 4 is 17.3 Å². The molecule has 0 saturated heterocycles. The fraction of sp³-hybridized carbons (Fsp3) is 0.0714. The van der Waals surface area contributed by atoms with Gasteiger partial charge in [0.2, 0.25) is 0 Å². The highest BCUT2D eigenvalue weighted by Crippen LogP contribution is 2.29. The van der Waals surface area contributed by atoms with E-state index in [2.05, 4.69) is 0 Å². The summed E-state index contributed by atoms with van der Waals surface area (Å²) in [5, 5.41) is 19.9. The highest BCUT2D eigenvalue weighted by molar-refractivity contribution is 6.31. The smallest absolute Gasteiger partial charge is 0.313 e. The fourth-order valence-electron chi connectivity index (χ4n) is 1.64. The molecule has 0 amide bonds. The number of nitro groups is 1. The third-order valence-electron chi connectivity index (χ3n) is 2.68. The van der Waals surface area contributed by atoms with Crippen molar-refractivity contribution in [3.05, 3.63) is 68.5 Å². The average Bonchev–Trinajstić information content (AvgIpc) is 2.46. The Labute approximate surface area is 124 Å². The van der Waals surface area contributed by atoms with Crippen molar-refractivity contribution in [1.29, 1.82) is 5.26 Å². The highest BCUT2D eigenvalue weighted by atomic mass is 35.5. The molecule has 0 atom stereocenters. The van der Waals surface area contributed by atoms with E-state index in [-0.39, 0.29) is 12.4 Å². The predicted octanol–water partition coefficient (Wildman–Crippen LogP) is 3.84. The van der Waals surface area contributed by atoms with Crippen LogP contribution in [0, 0.1) is 27.3 Å². The number of hydrogen-bond donors (Lipinski definition) is 0. The molecule has 0 aromatic heterocycles. The summed E-state index contributed by atoms with van der Waals surface area (Å²) < 4.78 is 18.3. The molecule has 106 valence electrons. The van der Waals surface area contributed by atoms with E-state index >= 15 is 0 Å². The molecular formula is C14H8ClFN2O3. The first-order valence-electron chi connectivity index (χ1n) is 5.76. The lowest BCUT2D eigenvalue weighted by Gasteiger charge is -2.08. The summed E-state index contributed by atoms with van der Waals surface area (Å²) in [6.45, 7) is -0.0307. The van der Waals surface area contributed by atoms with Crippen LogP contribution in [0.3, 0.4) is 0 Å². The van der Waals surface area contributed by atoms with E-state index in [1.165, 1.54) is 12.1 Å². The van der Waals surface area contributed by atoms with E-state index < -0.39 is 16.4 Å². The SMILES string of the molecule is N#Cc1ccc(COc2ccc(F)cc2[N+](=O)[O-])c(Cl)c1. The Morgan fingerprint density at radius 3 is 2.71 bits per heavy atom. The van der Waals surface area contributed by atoms with Crippen LogP contribution in [0.15, 0.2) is 36.4 Å². The van der Waals surface area contributed by atoms with Crippen LogP contribution in [0.25, 0.3) is 0 Å². The van der Waals surface area contributed by atoms with Crippen molar-refractivity contribution in [3.63, 3.8) is 0 Å². The van der Waals surface area contributed by atoms with Crippen LogP contribution in [-0.2, 0) is 6.61 Å². The summed E-state index contributed by atoms with van der Waals surface area (Å²) in [5.41, 5.74) is 0.505. The number of hydrogen-bond acceptors (Lipinski definition) is 4. The number of rotatable bonds is 4. The molecule has 0 spiro atoms. The summed E-state index contributed by atoms with van der Waals surface area (Å²) in [6, 6.07) is 9.61. The van der Waals surface area contributed by atoms with Crippen LogP contribution >= 0.6 is 11.6 Å². The number of nitriles is 1. The topological polar surface area (TPSA) is 76.2 Å². The second kappa shape index (κ2) is 6.20. The van der Waals surface area contributed by atoms with Gasteiger partial charge in [-0.3, -0.25) is 10.1 Å². The number of nitro benzene ring substituents is 1. The Morgan fingerprint density at radius 1 is 1.33 bits per heavy atom. The number of ether oxygens (including phenoxy) is 1. The van der Waals surface area contributed by atoms with Gasteiger partial charge in [0.25, 0.3) is 0 Å². The van der Waals surface area contributed by atoms with Gasteiger partial charge < -0.3 is 4.74 Å². The molecule has 0 aliphatic rings. The zero-order valence-electron chi connectivity index (χ0n) is 10.5. The van der Waals surface area contributed by atoms with Crippen LogP contribution in [0.2, 0.25) is 5.02 Å². The first kappa shape index (κ1) is 14.8. The third kappa shape index (κ3) is 3.46. The van der Waals surface area contributed by atoms with Crippen molar-refractivity contribution in [1.82, 2.24) is 0 Å². The van der Waals surface area contributed by atoms with E-state index in [1.54, 1.807) is 12.1 Å². The Hall–Kier alpha value is -2.65. The van der Waals surface area contributed by atoms with Gasteiger partial charge >= 0.3 is 5.69 Å². The van der Waals surface area contributed by atoms with Gasteiger partial charge in [0.15, 0.2) is 5.75 Å². The molecule has 0 aliphatic heterocycles. The summed E-state index contributed by atoms with van der Waals surface area (Å²) in [6.07, 6.45) is 0. The van der Waals surface area contributed by atoms with Crippen LogP contribution < -0.4 is 4.74 Å². The minimum atomic E-state index is -0.723. The Bertz CT molecular complexity index is 743. The normalized spacial score (nSPS) is 9.95. The van der Waals surface area contributed by atoms with Gasteiger partial charge in [-0.05, 0) is 24.3 Å². The van der Waals surface area contributed by atoms with Crippen molar-refractivity contribution in [2.45, 2.75) is 6.61 Å². The molecular weight excluding hydrogens is 299 g/mol. The Morgan fingerprint density at radius 2 is 2.10 bits per heavy atom. The second-order valence-electron chi connectivity index (χ2n) is 4.08. The minimum Gasteiger partial charge on any atom is -0.482 e. The second-order valence-corrected chi connectivity index (χ2v) is 4.48. The van der Waals surface area contributed by atoms with E-state index in [0.29, 0.717) is 16.1 Å². The maximum absolute atomic E-state index is 13.0. The van der Waals surface area contributed by atoms with Gasteiger partial charge in [0, 0.05) is 10.6 Å². The fourth-order valence-corrected chi connectivity index (χ4v) is 1.88. The highest BCUT2D eigenvalue weighted by Gasteiger charge is 2.16. The maximum atomic E-state index is 13.0. The molecule has 5 nitrogen and oxygen atoms in total. The molecule has 0 unspecified atom stereocenters. The molecule has 0 saturated carbocycles. The van der Waals surface area contributed by atoms with E-state index in [9.17, 15) is 14.5 Å². The van der Waals surface area contributed by atoms with E-state index in [0.717, 1.165) is 12.1 Å². The van der Waals surface area contributed by atoms with Crippen LogP contribution in [0.4, 0.5) is 10.1 Å². The first-order valence-corrected chi connectivity index (χ1v) is 6.14. The molecule has 0 N–H and O–H groups in total. The summed E-state index contributed by atoms with van der Waals surface area (Å²) >= 11 is 5.98. The van der Waals surface area contributed by atoms with Gasteiger partial charge in [0.1, 0.15) is 12.4 Å². The zero-order chi connectivity index (χ0) is 15.4. The van der Waals surface area contributed by atoms with Crippen molar-refractivity contribution in [2.24, 2.45) is 0 Å². The molecule has 2 aromatic carbocycles. The monoisotopic (exact) mass is 306 g/mol. The Kier molecular flexibility index (Phi) is 4.36. The van der Waals surface area contributed by atoms with Gasteiger partial charge in [0.05, 0.1) is 22.6 Å². The lowest BCUT2D eigenvalue weighted by molar-refractivity contribution is -0.386. The lowest BCUT2D eigenvalue weighted by atomic mass is 10.1. The first-order chi connectivity index (χ1) is 10.0. The number of benzene rings is 2. The minimum absolute atomic E-state index is 0.0307. The summed E-state index contributed by atoms with van der Waals surface area (Å²) in [7, 11) is 0. The molecule has 0 fully saturated rings. The maximum Gasteiger partial charge on any atom is 0.313 e. The van der Waals surface area contributed by atoms with Crippen molar-refractivity contribution < 1.29 is 14.1 Å².